The number of hydrogen-bond acceptors (Lipinski definition) is 2. The molecule has 0 radical (unpaired) electrons. The van der Waals surface area contributed by atoms with Crippen molar-refractivity contribution in [1.29, 1.82) is 5.26 Å². The number of aromatic nitrogens is 2. The molecule has 0 saturated heterocycles. The van der Waals surface area contributed by atoms with E-state index in [0.717, 1.165) is 27.5 Å². The van der Waals surface area contributed by atoms with Crippen LogP contribution in [0.25, 0.3) is 49.4 Å². The molecule has 3 heteroatoms. The number of benzene rings is 3. The van der Waals surface area contributed by atoms with Crippen molar-refractivity contribution in [3.63, 3.8) is 0 Å². The Kier molecular flexibility index (Phi) is 2.68. The summed E-state index contributed by atoms with van der Waals surface area (Å²) in [6.07, 6.45) is 1.82. The molecule has 3 aromatic carbocycles. The number of para-hydroxylation sites is 1. The zero-order valence-corrected chi connectivity index (χ0v) is 14.3. The summed E-state index contributed by atoms with van der Waals surface area (Å²) in [6.45, 7) is 0. The predicted molar refractivity (Wildman–Crippen MR) is 109 cm³/mol. The minimum atomic E-state index is 0.681. The highest BCUT2D eigenvalue weighted by Crippen LogP contribution is 2.41. The molecule has 3 nitrogen and oxygen atoms in total. The Morgan fingerprint density at radius 3 is 2.33 bits per heavy atom. The first kappa shape index (κ1) is 14.3. The summed E-state index contributed by atoms with van der Waals surface area (Å²) in [5, 5.41) is 14.1. The Morgan fingerprint density at radius 1 is 0.741 bits per heavy atom. The lowest BCUT2D eigenvalue weighted by Crippen LogP contribution is -1.82. The van der Waals surface area contributed by atoms with Crippen molar-refractivity contribution >= 4 is 38.1 Å². The van der Waals surface area contributed by atoms with Gasteiger partial charge in [0.1, 0.15) is 0 Å². The number of nitriles is 1. The molecule has 0 atom stereocenters. The number of pyridine rings is 1. The lowest BCUT2D eigenvalue weighted by atomic mass is 10.0. The minimum Gasteiger partial charge on any atom is -0.308 e. The fourth-order valence-corrected chi connectivity index (χ4v) is 4.25. The van der Waals surface area contributed by atoms with Gasteiger partial charge in [-0.1, -0.05) is 24.3 Å². The highest BCUT2D eigenvalue weighted by atomic mass is 14.9. The minimum absolute atomic E-state index is 0.681. The van der Waals surface area contributed by atoms with E-state index in [1.54, 1.807) is 0 Å². The van der Waals surface area contributed by atoms with Gasteiger partial charge < -0.3 is 4.40 Å². The molecule has 6 rings (SSSR count). The van der Waals surface area contributed by atoms with Crippen LogP contribution >= 0.6 is 0 Å². The molecule has 0 amide bonds. The second-order valence-corrected chi connectivity index (χ2v) is 6.83. The fraction of sp³-hybridized carbons (Fsp3) is 0. The van der Waals surface area contributed by atoms with Crippen molar-refractivity contribution in [2.24, 2.45) is 0 Å². The molecule has 0 aliphatic heterocycles. The molecule has 6 aromatic rings. The van der Waals surface area contributed by atoms with E-state index in [4.69, 9.17) is 0 Å². The van der Waals surface area contributed by atoms with E-state index in [2.05, 4.69) is 57.9 Å². The van der Waals surface area contributed by atoms with Gasteiger partial charge in [-0.15, -0.1) is 0 Å². The number of hydrogen-bond donors (Lipinski definition) is 0. The maximum Gasteiger partial charge on any atom is 0.0991 e. The number of nitrogens with zero attached hydrogens (tertiary/aromatic N) is 3. The van der Waals surface area contributed by atoms with Crippen molar-refractivity contribution < 1.29 is 0 Å². The Labute approximate surface area is 155 Å². The monoisotopic (exact) mass is 343 g/mol. The summed E-state index contributed by atoms with van der Waals surface area (Å²) in [7, 11) is 0. The van der Waals surface area contributed by atoms with Gasteiger partial charge in [-0.2, -0.15) is 5.26 Å². The smallest absolute Gasteiger partial charge is 0.0991 e. The summed E-state index contributed by atoms with van der Waals surface area (Å²) >= 11 is 0. The third-order valence-corrected chi connectivity index (χ3v) is 5.39. The Balaban J connectivity index is 1.90. The number of rotatable bonds is 1. The van der Waals surface area contributed by atoms with Crippen molar-refractivity contribution in [2.75, 3.05) is 0 Å². The van der Waals surface area contributed by atoms with Crippen LogP contribution in [0.5, 0.6) is 0 Å². The van der Waals surface area contributed by atoms with Gasteiger partial charge in [0.2, 0.25) is 0 Å². The van der Waals surface area contributed by atoms with Crippen LogP contribution in [0, 0.1) is 11.3 Å². The van der Waals surface area contributed by atoms with Gasteiger partial charge in [0, 0.05) is 33.3 Å². The quantitative estimate of drug-likeness (QED) is 0.380. The largest absolute Gasteiger partial charge is 0.308 e. The Hall–Kier alpha value is -3.90. The van der Waals surface area contributed by atoms with Crippen LogP contribution in [0.1, 0.15) is 5.56 Å². The summed E-state index contributed by atoms with van der Waals surface area (Å²) in [5.74, 6) is 0. The maximum atomic E-state index is 9.37. The third kappa shape index (κ3) is 1.82. The van der Waals surface area contributed by atoms with E-state index < -0.39 is 0 Å². The van der Waals surface area contributed by atoms with Gasteiger partial charge >= 0.3 is 0 Å². The lowest BCUT2D eigenvalue weighted by Gasteiger charge is -2.03. The van der Waals surface area contributed by atoms with Crippen molar-refractivity contribution in [2.45, 2.75) is 0 Å². The predicted octanol–water partition coefficient (Wildman–Crippen LogP) is 5.77. The van der Waals surface area contributed by atoms with Gasteiger partial charge in [0.05, 0.1) is 33.9 Å². The van der Waals surface area contributed by atoms with E-state index in [1.165, 1.54) is 21.8 Å². The highest BCUT2D eigenvalue weighted by molar-refractivity contribution is 6.24. The molecule has 0 fully saturated rings. The topological polar surface area (TPSA) is 41.1 Å². The second-order valence-electron chi connectivity index (χ2n) is 6.83. The van der Waals surface area contributed by atoms with Gasteiger partial charge in [-0.25, -0.2) is 0 Å². The van der Waals surface area contributed by atoms with E-state index in [1.807, 2.05) is 36.5 Å². The first-order valence-corrected chi connectivity index (χ1v) is 8.88. The first-order chi connectivity index (χ1) is 13.3. The Morgan fingerprint density at radius 2 is 1.52 bits per heavy atom. The molecule has 3 aromatic heterocycles. The normalized spacial score (nSPS) is 11.7. The Bertz CT molecular complexity index is 1520. The maximum absolute atomic E-state index is 9.37. The molecular formula is C24H13N3. The van der Waals surface area contributed by atoms with Crippen molar-refractivity contribution in [3.05, 3.63) is 84.6 Å². The summed E-state index contributed by atoms with van der Waals surface area (Å²) in [6, 6.07) is 27.1. The molecule has 27 heavy (non-hydrogen) atoms. The van der Waals surface area contributed by atoms with E-state index in [-0.39, 0.29) is 0 Å². The molecule has 0 aliphatic carbocycles. The van der Waals surface area contributed by atoms with Crippen LogP contribution in [0.15, 0.2) is 79.0 Å². The van der Waals surface area contributed by atoms with E-state index in [9.17, 15) is 5.26 Å². The highest BCUT2D eigenvalue weighted by Gasteiger charge is 2.18. The SMILES string of the molecule is N#Cc1ccc2c(c1)c1cc(-c3ccccn3)cc3c4ccccc4n2c31. The molecule has 124 valence electrons. The van der Waals surface area contributed by atoms with Crippen LogP contribution in [0.3, 0.4) is 0 Å². The summed E-state index contributed by atoms with van der Waals surface area (Å²) < 4.78 is 2.32. The van der Waals surface area contributed by atoms with Crippen LogP contribution in [-0.4, -0.2) is 9.38 Å². The summed E-state index contributed by atoms with van der Waals surface area (Å²) in [4.78, 5) is 4.54. The second kappa shape index (κ2) is 5.06. The number of fused-ring (bicyclic) bond motifs is 6. The lowest BCUT2D eigenvalue weighted by molar-refractivity contribution is 1.33. The van der Waals surface area contributed by atoms with E-state index >= 15 is 0 Å². The fourth-order valence-electron chi connectivity index (χ4n) is 4.25. The molecule has 3 heterocycles. The van der Waals surface area contributed by atoms with Crippen molar-refractivity contribution in [1.82, 2.24) is 9.38 Å². The molecule has 0 N–H and O–H groups in total. The van der Waals surface area contributed by atoms with Crippen LogP contribution in [0.2, 0.25) is 0 Å². The third-order valence-electron chi connectivity index (χ3n) is 5.39. The first-order valence-electron chi connectivity index (χ1n) is 8.88. The molecule has 0 aliphatic rings. The van der Waals surface area contributed by atoms with Gasteiger partial charge in [-0.05, 0) is 48.5 Å². The molecule has 0 saturated carbocycles. The van der Waals surface area contributed by atoms with E-state index in [0.29, 0.717) is 5.56 Å². The van der Waals surface area contributed by atoms with Gasteiger partial charge in [0.25, 0.3) is 0 Å². The van der Waals surface area contributed by atoms with Crippen LogP contribution in [-0.2, 0) is 0 Å². The average Bonchev–Trinajstić information content (AvgIpc) is 3.25. The molecule has 0 unspecified atom stereocenters. The molecule has 0 spiro atoms. The zero-order chi connectivity index (χ0) is 18.0. The molecule has 0 bridgehead atoms. The van der Waals surface area contributed by atoms with Gasteiger partial charge in [0.15, 0.2) is 0 Å². The van der Waals surface area contributed by atoms with Gasteiger partial charge in [-0.3, -0.25) is 4.98 Å². The van der Waals surface area contributed by atoms with Crippen molar-refractivity contribution in [3.8, 4) is 17.3 Å². The standard InChI is InChI=1S/C24H13N3/c25-14-15-8-9-23-18(11-15)20-13-16(21-6-3-4-10-26-21)12-19-17-5-1-2-7-22(17)27(23)24(19)20/h1-13H. The molecular weight excluding hydrogens is 330 g/mol. The summed E-state index contributed by atoms with van der Waals surface area (Å²) in [5.41, 5.74) is 6.26. The van der Waals surface area contributed by atoms with Crippen LogP contribution in [0.4, 0.5) is 0 Å². The average molecular weight is 343 g/mol. The van der Waals surface area contributed by atoms with Crippen LogP contribution < -0.4 is 0 Å². The zero-order valence-electron chi connectivity index (χ0n) is 14.3.